The summed E-state index contributed by atoms with van der Waals surface area (Å²) in [4.78, 5) is 0. The van der Waals surface area contributed by atoms with Gasteiger partial charge in [0.25, 0.3) is 0 Å². The Bertz CT molecular complexity index is 450. The predicted octanol–water partition coefficient (Wildman–Crippen LogP) is 5.54. The van der Waals surface area contributed by atoms with Crippen LogP contribution in [0.25, 0.3) is 0 Å². The summed E-state index contributed by atoms with van der Waals surface area (Å²) in [5.41, 5.74) is 2.95. The Kier molecular flexibility index (Phi) is 6.26. The fraction of sp³-hybridized carbons (Fsp3) is 0.647. The van der Waals surface area contributed by atoms with E-state index in [-0.39, 0.29) is 5.92 Å². The largest absolute Gasteiger partial charge is 0.390 e. The Labute approximate surface area is 125 Å². The van der Waals surface area contributed by atoms with Gasteiger partial charge in [0.05, 0.1) is 6.42 Å². The molecular weight excluding hydrogens is 275 g/mol. The summed E-state index contributed by atoms with van der Waals surface area (Å²) in [6.45, 7) is 10.6. The van der Waals surface area contributed by atoms with Crippen molar-refractivity contribution in [2.75, 3.05) is 6.54 Å². The van der Waals surface area contributed by atoms with Gasteiger partial charge in [-0.25, -0.2) is 0 Å². The van der Waals surface area contributed by atoms with Gasteiger partial charge in [0, 0.05) is 6.04 Å². The van der Waals surface area contributed by atoms with E-state index in [4.69, 9.17) is 0 Å². The highest BCUT2D eigenvalue weighted by molar-refractivity contribution is 5.37. The summed E-state index contributed by atoms with van der Waals surface area (Å²) in [6, 6.07) is 5.20. The highest BCUT2D eigenvalue weighted by Crippen LogP contribution is 2.34. The van der Waals surface area contributed by atoms with Crippen LogP contribution in [0, 0.1) is 0 Å². The minimum atomic E-state index is -4.17. The van der Waals surface area contributed by atoms with E-state index in [2.05, 4.69) is 25.2 Å². The molecule has 120 valence electrons. The van der Waals surface area contributed by atoms with Crippen molar-refractivity contribution in [3.63, 3.8) is 0 Å². The van der Waals surface area contributed by atoms with Crippen LogP contribution in [0.2, 0.25) is 0 Å². The second-order valence-electron chi connectivity index (χ2n) is 6.13. The summed E-state index contributed by atoms with van der Waals surface area (Å²) in [6.07, 6.45) is -5.00. The van der Waals surface area contributed by atoms with Crippen LogP contribution in [0.1, 0.15) is 75.6 Å². The van der Waals surface area contributed by atoms with Gasteiger partial charge >= 0.3 is 6.18 Å². The Morgan fingerprint density at radius 3 is 2.05 bits per heavy atom. The van der Waals surface area contributed by atoms with E-state index in [1.165, 1.54) is 5.56 Å². The van der Waals surface area contributed by atoms with Crippen molar-refractivity contribution in [2.45, 2.75) is 65.1 Å². The Morgan fingerprint density at radius 1 is 1.00 bits per heavy atom. The quantitative estimate of drug-likeness (QED) is 0.727. The number of benzene rings is 1. The summed E-state index contributed by atoms with van der Waals surface area (Å²) < 4.78 is 38.4. The first kappa shape index (κ1) is 18.0. The van der Waals surface area contributed by atoms with Gasteiger partial charge in [-0.15, -0.1) is 0 Å². The SMILES string of the molecule is CCNC(CC(F)(F)F)c1ccc(C(C)C)cc1C(C)C. The third-order valence-corrected chi connectivity index (χ3v) is 3.66. The number of halogens is 3. The van der Waals surface area contributed by atoms with Crippen molar-refractivity contribution in [1.82, 2.24) is 5.32 Å². The first-order valence-electron chi connectivity index (χ1n) is 7.59. The lowest BCUT2D eigenvalue weighted by Gasteiger charge is -2.25. The van der Waals surface area contributed by atoms with Crippen LogP contribution in [0.3, 0.4) is 0 Å². The van der Waals surface area contributed by atoms with Gasteiger partial charge in [0.2, 0.25) is 0 Å². The molecule has 1 nitrogen and oxygen atoms in total. The van der Waals surface area contributed by atoms with Crippen LogP contribution in [0.5, 0.6) is 0 Å². The van der Waals surface area contributed by atoms with Crippen molar-refractivity contribution >= 4 is 0 Å². The molecule has 1 rings (SSSR count). The zero-order valence-corrected chi connectivity index (χ0v) is 13.5. The normalized spacial score (nSPS) is 14.0. The molecule has 0 aromatic heterocycles. The van der Waals surface area contributed by atoms with E-state index in [9.17, 15) is 13.2 Å². The molecule has 0 aliphatic heterocycles. The number of hydrogen-bond acceptors (Lipinski definition) is 1. The van der Waals surface area contributed by atoms with Gasteiger partial charge in [-0.3, -0.25) is 0 Å². The highest BCUT2D eigenvalue weighted by Gasteiger charge is 2.33. The summed E-state index contributed by atoms with van der Waals surface area (Å²) >= 11 is 0. The van der Waals surface area contributed by atoms with Crippen LogP contribution < -0.4 is 5.32 Å². The molecule has 1 N–H and O–H groups in total. The van der Waals surface area contributed by atoms with Gasteiger partial charge in [-0.1, -0.05) is 52.8 Å². The molecule has 0 saturated heterocycles. The van der Waals surface area contributed by atoms with Crippen molar-refractivity contribution < 1.29 is 13.2 Å². The van der Waals surface area contributed by atoms with Crippen LogP contribution in [-0.4, -0.2) is 12.7 Å². The summed E-state index contributed by atoms with van der Waals surface area (Å²) in [5.74, 6) is 0.574. The molecule has 0 saturated carbocycles. The van der Waals surface area contributed by atoms with Crippen molar-refractivity contribution in [3.05, 3.63) is 34.9 Å². The number of nitrogens with one attached hydrogen (secondary N) is 1. The molecule has 0 spiro atoms. The minimum Gasteiger partial charge on any atom is -0.310 e. The molecule has 0 radical (unpaired) electrons. The molecule has 0 aliphatic carbocycles. The van der Waals surface area contributed by atoms with E-state index in [1.54, 1.807) is 0 Å². The van der Waals surface area contributed by atoms with Crippen molar-refractivity contribution in [2.24, 2.45) is 0 Å². The van der Waals surface area contributed by atoms with E-state index in [1.807, 2.05) is 32.9 Å². The molecule has 1 aromatic carbocycles. The lowest BCUT2D eigenvalue weighted by atomic mass is 9.87. The Balaban J connectivity index is 3.23. The van der Waals surface area contributed by atoms with E-state index >= 15 is 0 Å². The molecule has 0 heterocycles. The van der Waals surface area contributed by atoms with Crippen LogP contribution in [-0.2, 0) is 0 Å². The maximum atomic E-state index is 12.8. The average molecular weight is 301 g/mol. The van der Waals surface area contributed by atoms with Crippen LogP contribution in [0.4, 0.5) is 13.2 Å². The number of hydrogen-bond donors (Lipinski definition) is 1. The molecule has 21 heavy (non-hydrogen) atoms. The Morgan fingerprint density at radius 2 is 1.62 bits per heavy atom. The van der Waals surface area contributed by atoms with Gasteiger partial charge in [0.15, 0.2) is 0 Å². The molecule has 0 fully saturated rings. The molecule has 1 atom stereocenters. The van der Waals surface area contributed by atoms with Crippen LogP contribution >= 0.6 is 0 Å². The van der Waals surface area contributed by atoms with Gasteiger partial charge < -0.3 is 5.32 Å². The number of alkyl halides is 3. The van der Waals surface area contributed by atoms with E-state index in [0.29, 0.717) is 12.5 Å². The second-order valence-corrected chi connectivity index (χ2v) is 6.13. The fourth-order valence-corrected chi connectivity index (χ4v) is 2.54. The monoisotopic (exact) mass is 301 g/mol. The predicted molar refractivity (Wildman–Crippen MR) is 81.7 cm³/mol. The molecular formula is C17H26F3N. The van der Waals surface area contributed by atoms with Gasteiger partial charge in [0.1, 0.15) is 0 Å². The zero-order chi connectivity index (χ0) is 16.2. The van der Waals surface area contributed by atoms with Gasteiger partial charge in [-0.05, 0) is 35.1 Å². The molecule has 4 heteroatoms. The third kappa shape index (κ3) is 5.34. The van der Waals surface area contributed by atoms with E-state index < -0.39 is 18.6 Å². The van der Waals surface area contributed by atoms with Crippen molar-refractivity contribution in [3.8, 4) is 0 Å². The molecule has 0 amide bonds. The number of rotatable bonds is 6. The maximum absolute atomic E-state index is 12.8. The van der Waals surface area contributed by atoms with Crippen LogP contribution in [0.15, 0.2) is 18.2 Å². The minimum absolute atomic E-state index is 0.202. The van der Waals surface area contributed by atoms with Crippen molar-refractivity contribution in [1.29, 1.82) is 0 Å². The first-order valence-corrected chi connectivity index (χ1v) is 7.59. The summed E-state index contributed by atoms with van der Waals surface area (Å²) in [7, 11) is 0. The zero-order valence-electron chi connectivity index (χ0n) is 13.5. The smallest absolute Gasteiger partial charge is 0.310 e. The van der Waals surface area contributed by atoms with Gasteiger partial charge in [-0.2, -0.15) is 13.2 Å². The van der Waals surface area contributed by atoms with E-state index in [0.717, 1.165) is 11.1 Å². The molecule has 0 aliphatic rings. The highest BCUT2D eigenvalue weighted by atomic mass is 19.4. The lowest BCUT2D eigenvalue weighted by Crippen LogP contribution is -2.27. The lowest BCUT2D eigenvalue weighted by molar-refractivity contribution is -0.140. The third-order valence-electron chi connectivity index (χ3n) is 3.66. The first-order chi connectivity index (χ1) is 9.65. The average Bonchev–Trinajstić information content (AvgIpc) is 2.35. The molecule has 0 bridgehead atoms. The maximum Gasteiger partial charge on any atom is 0.390 e. The molecule has 1 unspecified atom stereocenters. The topological polar surface area (TPSA) is 12.0 Å². The molecule has 1 aromatic rings. The second kappa shape index (κ2) is 7.30. The summed E-state index contributed by atoms with van der Waals surface area (Å²) in [5, 5.41) is 2.98. The Hall–Kier alpha value is -1.03. The fourth-order valence-electron chi connectivity index (χ4n) is 2.54. The standard InChI is InChI=1S/C17H26F3N/c1-6-21-16(10-17(18,19)20)14-8-7-13(11(2)3)9-15(14)12(4)5/h7-9,11-12,16,21H,6,10H2,1-5H3.